The zero-order chi connectivity index (χ0) is 39.4. The van der Waals surface area contributed by atoms with Crippen molar-refractivity contribution in [3.8, 4) is 0 Å². The summed E-state index contributed by atoms with van der Waals surface area (Å²) < 4.78 is 2.70. The van der Waals surface area contributed by atoms with E-state index in [1.54, 1.807) is 11.3 Å². The van der Waals surface area contributed by atoms with Crippen LogP contribution in [0.25, 0.3) is 0 Å². The third-order valence-electron chi connectivity index (χ3n) is 12.9. The van der Waals surface area contributed by atoms with Gasteiger partial charge in [0.15, 0.2) is 11.9 Å². The molecule has 1 aromatic rings. The molecule has 0 aromatic carbocycles. The minimum absolute atomic E-state index is 1.23. The van der Waals surface area contributed by atoms with Crippen LogP contribution >= 0.6 is 0 Å². The summed E-state index contributed by atoms with van der Waals surface area (Å²) >= 11 is 0. The summed E-state index contributed by atoms with van der Waals surface area (Å²) in [6.07, 6.45) is 67.2. The van der Waals surface area contributed by atoms with E-state index in [2.05, 4.69) is 43.7 Å². The van der Waals surface area contributed by atoms with Gasteiger partial charge in [0.1, 0.15) is 6.54 Å². The van der Waals surface area contributed by atoms with Gasteiger partial charge in [0, 0.05) is 24.5 Å². The average Bonchev–Trinajstić information content (AvgIpc) is 3.20. The molecule has 1 aromatic heterocycles. The summed E-state index contributed by atoms with van der Waals surface area (Å²) in [6, 6.07) is 4.86. The lowest BCUT2D eigenvalue weighted by Gasteiger charge is -2.11. The monoisotopic (exact) mass is 767 g/mol. The highest BCUT2D eigenvalue weighted by atomic mass is 15.0. The van der Waals surface area contributed by atoms with E-state index < -0.39 is 0 Å². The first kappa shape index (κ1) is 52.2. The second kappa shape index (κ2) is 44.3. The lowest BCUT2D eigenvalue weighted by Crippen LogP contribution is -2.39. The van der Waals surface area contributed by atoms with E-state index in [4.69, 9.17) is 0 Å². The second-order valence-electron chi connectivity index (χ2n) is 18.3. The Labute approximate surface area is 349 Å². The maximum Gasteiger partial charge on any atom is 0.184 e. The Morgan fingerprint density at radius 3 is 0.855 bits per heavy atom. The van der Waals surface area contributed by atoms with Crippen LogP contribution in [0.15, 0.2) is 18.3 Å². The van der Waals surface area contributed by atoms with Gasteiger partial charge in [0.2, 0.25) is 0 Å². The van der Waals surface area contributed by atoms with Gasteiger partial charge in [-0.3, -0.25) is 0 Å². The maximum absolute atomic E-state index is 2.70. The number of rotatable bonds is 46. The first-order chi connectivity index (χ1) is 27.3. The third kappa shape index (κ3) is 36.0. The van der Waals surface area contributed by atoms with Crippen molar-refractivity contribution in [2.45, 2.75) is 316 Å². The van der Waals surface area contributed by atoms with Crippen LogP contribution in [0.3, 0.4) is 0 Å². The largest absolute Gasteiger partial charge is 0.202 e. The van der Waals surface area contributed by atoms with Crippen LogP contribution in [0, 0.1) is 0 Å². The van der Waals surface area contributed by atoms with Crippen molar-refractivity contribution in [3.63, 3.8) is 0 Å². The molecule has 0 N–H and O–H groups in total. The first-order valence-electron chi connectivity index (χ1n) is 26.3. The quantitative estimate of drug-likeness (QED) is 0.0460. The number of nitrogens with zero attached hydrogens (tertiary/aromatic N) is 1. The fourth-order valence-electron chi connectivity index (χ4n) is 9.03. The molecule has 0 amide bonds. The summed E-state index contributed by atoms with van der Waals surface area (Å²) in [5.74, 6) is 0. The minimum atomic E-state index is 1.23. The molecule has 1 heteroatoms. The molecular weight excluding hydrogens is 663 g/mol. The molecule has 1 rings (SSSR count). The predicted molar refractivity (Wildman–Crippen MR) is 250 cm³/mol. The SMILES string of the molecule is CCCCCCCCCCCCCCCCCCc1ccc[n+](CCCCCCCCCCCCC)c1CCCCCCCCCCCCCCCCCC. The molecule has 324 valence electrons. The van der Waals surface area contributed by atoms with E-state index in [9.17, 15) is 0 Å². The van der Waals surface area contributed by atoms with Gasteiger partial charge in [0.05, 0.1) is 0 Å². The molecule has 0 saturated heterocycles. The molecule has 0 aliphatic rings. The average molecular weight is 767 g/mol. The summed E-state index contributed by atoms with van der Waals surface area (Å²) in [4.78, 5) is 0. The van der Waals surface area contributed by atoms with Crippen molar-refractivity contribution in [2.24, 2.45) is 0 Å². The van der Waals surface area contributed by atoms with Gasteiger partial charge < -0.3 is 0 Å². The van der Waals surface area contributed by atoms with Crippen LogP contribution in [-0.2, 0) is 19.4 Å². The van der Waals surface area contributed by atoms with E-state index >= 15 is 0 Å². The van der Waals surface area contributed by atoms with Crippen LogP contribution in [-0.4, -0.2) is 0 Å². The molecular formula is C54H104N+. The van der Waals surface area contributed by atoms with Gasteiger partial charge >= 0.3 is 0 Å². The van der Waals surface area contributed by atoms with Crippen LogP contribution < -0.4 is 4.57 Å². The van der Waals surface area contributed by atoms with Crippen LogP contribution in [0.5, 0.6) is 0 Å². The zero-order valence-corrected chi connectivity index (χ0v) is 38.7. The lowest BCUT2D eigenvalue weighted by atomic mass is 9.99. The van der Waals surface area contributed by atoms with E-state index in [0.29, 0.717) is 0 Å². The Balaban J connectivity index is 2.30. The summed E-state index contributed by atoms with van der Waals surface area (Å²) in [6.45, 7) is 8.19. The number of aryl methyl sites for hydroxylation is 2. The Morgan fingerprint density at radius 1 is 0.291 bits per heavy atom. The predicted octanol–water partition coefficient (Wildman–Crippen LogP) is 18.9. The van der Waals surface area contributed by atoms with Gasteiger partial charge in [0.25, 0.3) is 0 Å². The van der Waals surface area contributed by atoms with Crippen molar-refractivity contribution in [1.82, 2.24) is 0 Å². The highest BCUT2D eigenvalue weighted by Gasteiger charge is 2.15. The number of hydrogen-bond donors (Lipinski definition) is 0. The van der Waals surface area contributed by atoms with Crippen molar-refractivity contribution in [3.05, 3.63) is 29.6 Å². The van der Waals surface area contributed by atoms with Gasteiger partial charge in [-0.15, -0.1) is 0 Å². The number of aromatic nitrogens is 1. The summed E-state index contributed by atoms with van der Waals surface area (Å²) in [5, 5.41) is 0. The second-order valence-corrected chi connectivity index (χ2v) is 18.3. The minimum Gasteiger partial charge on any atom is -0.202 e. The Morgan fingerprint density at radius 2 is 0.545 bits per heavy atom. The standard InChI is InChI=1S/C54H104N/c1-4-7-10-13-16-19-22-24-26-28-30-32-35-38-41-44-48-53-49-47-52-55(51-46-43-40-37-34-21-18-15-12-9-6-3)54(53)50-45-42-39-36-33-31-29-27-25-23-20-17-14-11-8-5-2/h47,49,52H,4-46,48,50-51H2,1-3H3/q+1. The molecule has 0 radical (unpaired) electrons. The molecule has 0 aliphatic heterocycles. The van der Waals surface area contributed by atoms with Gasteiger partial charge in [-0.1, -0.05) is 271 Å². The molecule has 55 heavy (non-hydrogen) atoms. The van der Waals surface area contributed by atoms with Gasteiger partial charge in [-0.2, -0.15) is 0 Å². The fourth-order valence-corrected chi connectivity index (χ4v) is 9.03. The third-order valence-corrected chi connectivity index (χ3v) is 12.9. The van der Waals surface area contributed by atoms with Crippen molar-refractivity contribution in [2.75, 3.05) is 0 Å². The van der Waals surface area contributed by atoms with Crippen molar-refractivity contribution in [1.29, 1.82) is 0 Å². The molecule has 0 saturated carbocycles. The highest BCUT2D eigenvalue weighted by molar-refractivity contribution is 5.16. The molecule has 1 nitrogen and oxygen atoms in total. The van der Waals surface area contributed by atoms with E-state index in [1.807, 2.05) is 0 Å². The van der Waals surface area contributed by atoms with Crippen molar-refractivity contribution < 1.29 is 4.57 Å². The number of hydrogen-bond acceptors (Lipinski definition) is 0. The number of pyridine rings is 1. The Bertz CT molecular complexity index is 859. The molecule has 0 bridgehead atoms. The van der Waals surface area contributed by atoms with Crippen LogP contribution in [0.1, 0.15) is 308 Å². The maximum atomic E-state index is 2.70. The smallest absolute Gasteiger partial charge is 0.184 e. The summed E-state index contributed by atoms with van der Waals surface area (Å²) in [7, 11) is 0. The fraction of sp³-hybridized carbons (Fsp3) is 0.907. The molecule has 0 aliphatic carbocycles. The van der Waals surface area contributed by atoms with Crippen molar-refractivity contribution >= 4 is 0 Å². The van der Waals surface area contributed by atoms with Crippen LogP contribution in [0.4, 0.5) is 0 Å². The Kier molecular flexibility index (Phi) is 42.0. The van der Waals surface area contributed by atoms with E-state index in [1.165, 1.54) is 295 Å². The van der Waals surface area contributed by atoms with Gasteiger partial charge in [-0.05, 0) is 31.7 Å². The topological polar surface area (TPSA) is 3.88 Å². The highest BCUT2D eigenvalue weighted by Crippen LogP contribution is 2.19. The van der Waals surface area contributed by atoms with Gasteiger partial charge in [-0.25, -0.2) is 4.57 Å². The first-order valence-corrected chi connectivity index (χ1v) is 26.3. The van der Waals surface area contributed by atoms with Crippen LogP contribution in [0.2, 0.25) is 0 Å². The normalized spacial score (nSPS) is 11.6. The molecule has 0 fully saturated rings. The molecule has 0 spiro atoms. The summed E-state index contributed by atoms with van der Waals surface area (Å²) in [5.41, 5.74) is 3.37. The van der Waals surface area contributed by atoms with E-state index in [-0.39, 0.29) is 0 Å². The Hall–Kier alpha value is -0.850. The molecule has 0 unspecified atom stereocenters. The molecule has 0 atom stereocenters. The van der Waals surface area contributed by atoms with E-state index in [0.717, 1.165) is 0 Å². The number of unbranched alkanes of at least 4 members (excludes halogenated alkanes) is 40. The molecule has 1 heterocycles. The zero-order valence-electron chi connectivity index (χ0n) is 38.7. The lowest BCUT2D eigenvalue weighted by molar-refractivity contribution is -0.705.